The molecule has 0 spiro atoms. The average Bonchev–Trinajstić information content (AvgIpc) is 3.67. The third-order valence-electron chi connectivity index (χ3n) is 6.64. The van der Waals surface area contributed by atoms with Gasteiger partial charge in [-0.2, -0.15) is 5.26 Å². The van der Waals surface area contributed by atoms with Gasteiger partial charge in [0, 0.05) is 29.1 Å². The minimum absolute atomic E-state index is 0.0403. The molecule has 9 nitrogen and oxygen atoms in total. The second-order valence-electron chi connectivity index (χ2n) is 9.36. The smallest absolute Gasteiger partial charge is 0.455 e. The van der Waals surface area contributed by atoms with Crippen molar-refractivity contribution < 1.29 is 27.7 Å². The largest absolute Gasteiger partial charge is 0.489 e. The molecule has 1 aliphatic rings. The number of sulfonamides is 1. The molecule has 0 unspecified atom stereocenters. The second-order valence-corrected chi connectivity index (χ2v) is 11.6. The van der Waals surface area contributed by atoms with E-state index < -0.39 is 17.1 Å². The fraction of sp³-hybridized carbons (Fsp3) is 0.185. The summed E-state index contributed by atoms with van der Waals surface area (Å²) in [6.45, 7) is 0. The predicted molar refractivity (Wildman–Crippen MR) is 150 cm³/mol. The van der Waals surface area contributed by atoms with E-state index in [1.165, 1.54) is 25.2 Å². The Balaban J connectivity index is 1.79. The summed E-state index contributed by atoms with van der Waals surface area (Å²) in [5.74, 6) is 0.0258. The van der Waals surface area contributed by atoms with E-state index in [-0.39, 0.29) is 28.5 Å². The summed E-state index contributed by atoms with van der Waals surface area (Å²) in [5, 5.41) is 32.5. The van der Waals surface area contributed by atoms with Gasteiger partial charge in [0.15, 0.2) is 0 Å². The Morgan fingerprint density at radius 1 is 1.15 bits per heavy atom. The quantitative estimate of drug-likeness (QED) is 0.291. The number of carbonyl (C=O) groups is 1. The minimum atomic E-state index is -3.94. The van der Waals surface area contributed by atoms with Crippen molar-refractivity contribution in [1.29, 1.82) is 5.26 Å². The molecule has 1 amide bonds. The van der Waals surface area contributed by atoms with Gasteiger partial charge in [0.1, 0.15) is 11.3 Å². The molecule has 39 heavy (non-hydrogen) atoms. The van der Waals surface area contributed by atoms with Crippen molar-refractivity contribution in [2.75, 3.05) is 17.6 Å². The van der Waals surface area contributed by atoms with Crippen molar-refractivity contribution in [2.24, 2.45) is 0 Å². The summed E-state index contributed by atoms with van der Waals surface area (Å²) < 4.78 is 33.7. The fourth-order valence-corrected chi connectivity index (χ4v) is 5.84. The average molecular weight is 564 g/mol. The maximum atomic E-state index is 13.2. The monoisotopic (exact) mass is 563 g/mol. The zero-order valence-electron chi connectivity index (χ0n) is 21.0. The first kappa shape index (κ1) is 26.8. The van der Waals surface area contributed by atoms with Crippen LogP contribution in [-0.4, -0.2) is 44.8 Å². The standard InChI is InChI=1S/C27H23BClN3O6S/c1-31-27(33)25-21-12-20(15-3-4-15)23(13-24(21)38-26(25)16-5-7-18(29)8-6-16)32(39(2,36)37)19-9-10-22(28(34)35)17(11-19)14-30/h5-13,15,34-35H,3-4H2,1-2H3,(H,31,33). The number of nitrogens with one attached hydrogen (secondary N) is 1. The second kappa shape index (κ2) is 10.1. The lowest BCUT2D eigenvalue weighted by Crippen LogP contribution is -2.33. The summed E-state index contributed by atoms with van der Waals surface area (Å²) in [7, 11) is -4.31. The maximum absolute atomic E-state index is 13.2. The topological polar surface area (TPSA) is 144 Å². The normalized spacial score (nSPS) is 13.2. The molecule has 0 radical (unpaired) electrons. The molecule has 3 aromatic carbocycles. The van der Waals surface area contributed by atoms with Crippen molar-refractivity contribution in [3.05, 3.63) is 76.3 Å². The first-order chi connectivity index (χ1) is 18.5. The number of rotatable bonds is 7. The van der Waals surface area contributed by atoms with Crippen LogP contribution in [0.3, 0.4) is 0 Å². The lowest BCUT2D eigenvalue weighted by atomic mass is 9.77. The molecular formula is C27H23BClN3O6S. The zero-order chi connectivity index (χ0) is 28.1. The van der Waals surface area contributed by atoms with Crippen LogP contribution in [0.4, 0.5) is 11.4 Å². The molecule has 0 atom stereocenters. The molecule has 3 N–H and O–H groups in total. The highest BCUT2D eigenvalue weighted by Gasteiger charge is 2.34. The van der Waals surface area contributed by atoms with E-state index in [1.54, 1.807) is 36.4 Å². The van der Waals surface area contributed by atoms with Crippen LogP contribution in [0.25, 0.3) is 22.3 Å². The molecule has 1 fully saturated rings. The summed E-state index contributed by atoms with van der Waals surface area (Å²) in [4.78, 5) is 13.0. The van der Waals surface area contributed by atoms with Crippen LogP contribution in [0.2, 0.25) is 5.02 Å². The molecule has 198 valence electrons. The van der Waals surface area contributed by atoms with Gasteiger partial charge in [0.05, 0.1) is 34.8 Å². The van der Waals surface area contributed by atoms with Crippen molar-refractivity contribution in [3.8, 4) is 17.4 Å². The van der Waals surface area contributed by atoms with Gasteiger partial charge in [-0.05, 0) is 72.3 Å². The molecule has 4 aromatic rings. The van der Waals surface area contributed by atoms with E-state index in [4.69, 9.17) is 16.0 Å². The van der Waals surface area contributed by atoms with Gasteiger partial charge in [-0.3, -0.25) is 4.79 Å². The van der Waals surface area contributed by atoms with Crippen LogP contribution < -0.4 is 15.1 Å². The molecule has 1 saturated carbocycles. The van der Waals surface area contributed by atoms with Gasteiger partial charge in [0.2, 0.25) is 10.0 Å². The van der Waals surface area contributed by atoms with Gasteiger partial charge < -0.3 is 19.8 Å². The number of halogens is 1. The Kier molecular flexibility index (Phi) is 6.90. The highest BCUT2D eigenvalue weighted by molar-refractivity contribution is 7.92. The van der Waals surface area contributed by atoms with Crippen LogP contribution in [0.1, 0.15) is 40.2 Å². The number of nitriles is 1. The maximum Gasteiger partial charge on any atom is 0.489 e. The molecule has 0 saturated heterocycles. The van der Waals surface area contributed by atoms with Gasteiger partial charge in [-0.1, -0.05) is 17.7 Å². The molecule has 0 bridgehead atoms. The Bertz CT molecular complexity index is 1760. The number of hydrogen-bond acceptors (Lipinski definition) is 7. The number of anilines is 2. The first-order valence-electron chi connectivity index (χ1n) is 12.0. The number of amides is 1. The molecular weight excluding hydrogens is 541 g/mol. The van der Waals surface area contributed by atoms with Crippen LogP contribution in [0, 0.1) is 11.3 Å². The highest BCUT2D eigenvalue weighted by atomic mass is 35.5. The lowest BCUT2D eigenvalue weighted by molar-refractivity contribution is 0.0964. The van der Waals surface area contributed by atoms with Crippen LogP contribution >= 0.6 is 11.6 Å². The highest BCUT2D eigenvalue weighted by Crippen LogP contribution is 2.49. The van der Waals surface area contributed by atoms with Gasteiger partial charge in [-0.15, -0.1) is 0 Å². The molecule has 0 aliphatic heterocycles. The van der Waals surface area contributed by atoms with E-state index >= 15 is 0 Å². The molecule has 5 rings (SSSR count). The Labute approximate surface area is 230 Å². The first-order valence-corrected chi connectivity index (χ1v) is 14.2. The van der Waals surface area contributed by atoms with E-state index in [0.717, 1.165) is 23.4 Å². The van der Waals surface area contributed by atoms with Gasteiger partial charge in [0.25, 0.3) is 5.91 Å². The van der Waals surface area contributed by atoms with Crippen molar-refractivity contribution in [1.82, 2.24) is 5.32 Å². The molecule has 1 aromatic heterocycles. The third-order valence-corrected chi connectivity index (χ3v) is 7.96. The van der Waals surface area contributed by atoms with Gasteiger partial charge >= 0.3 is 7.12 Å². The lowest BCUT2D eigenvalue weighted by Gasteiger charge is -2.26. The van der Waals surface area contributed by atoms with Gasteiger partial charge in [-0.25, -0.2) is 12.7 Å². The summed E-state index contributed by atoms with van der Waals surface area (Å²) >= 11 is 6.06. The summed E-state index contributed by atoms with van der Waals surface area (Å²) in [6, 6.07) is 16.1. The van der Waals surface area contributed by atoms with E-state index in [9.17, 15) is 28.5 Å². The molecule has 1 heterocycles. The predicted octanol–water partition coefficient (Wildman–Crippen LogP) is 3.64. The van der Waals surface area contributed by atoms with Crippen molar-refractivity contribution in [3.63, 3.8) is 0 Å². The Morgan fingerprint density at radius 2 is 1.85 bits per heavy atom. The van der Waals surface area contributed by atoms with Crippen LogP contribution in [0.5, 0.6) is 0 Å². The third kappa shape index (κ3) is 5.00. The molecule has 12 heteroatoms. The number of hydrogen-bond donors (Lipinski definition) is 3. The number of benzene rings is 3. The number of carbonyl (C=O) groups excluding carboxylic acids is 1. The zero-order valence-corrected chi connectivity index (χ0v) is 22.5. The van der Waals surface area contributed by atoms with E-state index in [1.807, 2.05) is 6.07 Å². The number of nitrogens with zero attached hydrogens (tertiary/aromatic N) is 2. The summed E-state index contributed by atoms with van der Waals surface area (Å²) in [6.07, 6.45) is 2.73. The van der Waals surface area contributed by atoms with Crippen molar-refractivity contribution >= 4 is 62.5 Å². The summed E-state index contributed by atoms with van der Waals surface area (Å²) in [5.41, 5.74) is 2.32. The molecule has 1 aliphatic carbocycles. The Hall–Kier alpha value is -3.82. The Morgan fingerprint density at radius 3 is 2.41 bits per heavy atom. The van der Waals surface area contributed by atoms with E-state index in [0.29, 0.717) is 44.1 Å². The number of fused-ring (bicyclic) bond motifs is 1. The van der Waals surface area contributed by atoms with Crippen molar-refractivity contribution in [2.45, 2.75) is 18.8 Å². The van der Waals surface area contributed by atoms with Crippen LogP contribution in [-0.2, 0) is 10.0 Å². The van der Waals surface area contributed by atoms with E-state index in [2.05, 4.69) is 5.32 Å². The fourth-order valence-electron chi connectivity index (χ4n) is 4.70. The minimum Gasteiger partial charge on any atom is -0.455 e. The SMILES string of the molecule is CNC(=O)c1c(-c2ccc(Cl)cc2)oc2cc(N(c3ccc(B(O)O)c(C#N)c3)S(C)(=O)=O)c(C3CC3)cc12. The number of furan rings is 1. The van der Waals surface area contributed by atoms with Crippen LogP contribution in [0.15, 0.2) is 59.0 Å².